The number of carbonyl (C=O) groups is 1. The summed E-state index contributed by atoms with van der Waals surface area (Å²) in [7, 11) is 0. The number of imidazole rings is 1. The highest BCUT2D eigenvalue weighted by molar-refractivity contribution is 6.30. The number of anilines is 1. The van der Waals surface area contributed by atoms with E-state index in [1.807, 2.05) is 43.0 Å². The number of guanidine groups is 1. The van der Waals surface area contributed by atoms with Crippen molar-refractivity contribution in [2.45, 2.75) is 25.9 Å². The van der Waals surface area contributed by atoms with Crippen LogP contribution in [0, 0.1) is 0 Å². The molecule has 1 N–H and O–H groups in total. The van der Waals surface area contributed by atoms with E-state index in [0.29, 0.717) is 35.6 Å². The number of halogens is 2. The fraction of sp³-hybridized carbons (Fsp3) is 0.312. The normalized spacial score (nSPS) is 18.0. The summed E-state index contributed by atoms with van der Waals surface area (Å²) in [5.74, 6) is 1.21. The smallest absolute Gasteiger partial charge is 0.280 e. The third-order valence-electron chi connectivity index (χ3n) is 4.02. The Kier molecular flexibility index (Phi) is 4.05. The van der Waals surface area contributed by atoms with Gasteiger partial charge < -0.3 is 4.98 Å². The van der Waals surface area contributed by atoms with E-state index >= 15 is 0 Å². The van der Waals surface area contributed by atoms with Crippen molar-refractivity contribution in [2.24, 2.45) is 4.99 Å². The summed E-state index contributed by atoms with van der Waals surface area (Å²) >= 11 is 5.96. The summed E-state index contributed by atoms with van der Waals surface area (Å²) in [6.45, 7) is 5.19. The second-order valence-corrected chi connectivity index (χ2v) is 6.87. The number of aromatic nitrogens is 2. The van der Waals surface area contributed by atoms with Gasteiger partial charge in [-0.05, 0) is 31.5 Å². The van der Waals surface area contributed by atoms with Crippen LogP contribution in [0.3, 0.4) is 0 Å². The highest BCUT2D eigenvalue weighted by Gasteiger charge is 2.44. The lowest BCUT2D eigenvalue weighted by molar-refractivity contribution is 0.0833. The van der Waals surface area contributed by atoms with Gasteiger partial charge in [-0.3, -0.25) is 14.6 Å². The van der Waals surface area contributed by atoms with Gasteiger partial charge in [0.05, 0.1) is 25.0 Å². The van der Waals surface area contributed by atoms with Crippen molar-refractivity contribution < 1.29 is 4.79 Å². The molecule has 0 unspecified atom stereocenters. The lowest BCUT2D eigenvalue weighted by atomic mass is 10.1. The molecule has 126 valence electrons. The number of fused-ring (bicyclic) bond motifs is 2. The number of nitrogens with one attached hydrogen (secondary N) is 1. The van der Waals surface area contributed by atoms with Gasteiger partial charge in [0.2, 0.25) is 5.96 Å². The Labute approximate surface area is 150 Å². The summed E-state index contributed by atoms with van der Waals surface area (Å²) in [5, 5.41) is 0.698. The van der Waals surface area contributed by atoms with Gasteiger partial charge in [-0.25, -0.2) is 9.98 Å². The van der Waals surface area contributed by atoms with E-state index in [1.54, 1.807) is 11.2 Å². The molecule has 2 aliphatic heterocycles. The molecule has 4 rings (SSSR count). The predicted octanol–water partition coefficient (Wildman–Crippen LogP) is 3.10. The van der Waals surface area contributed by atoms with Gasteiger partial charge in [-0.2, -0.15) is 0 Å². The quantitative estimate of drug-likeness (QED) is 0.888. The molecule has 2 aromatic rings. The number of hydrogen-bond donors (Lipinski definition) is 1. The number of hydrogen-bond acceptors (Lipinski definition) is 4. The molecule has 1 amide bonds. The van der Waals surface area contributed by atoms with E-state index in [1.165, 1.54) is 0 Å². The molecule has 3 heterocycles. The number of H-pyrrole nitrogens is 1. The minimum atomic E-state index is -0.299. The fourth-order valence-electron chi connectivity index (χ4n) is 2.99. The zero-order valence-corrected chi connectivity index (χ0v) is 14.9. The first kappa shape index (κ1) is 16.8. The Morgan fingerprint density at radius 3 is 2.71 bits per heavy atom. The summed E-state index contributed by atoms with van der Waals surface area (Å²) in [5.41, 5.74) is 1.29. The molecule has 0 saturated heterocycles. The van der Waals surface area contributed by atoms with Crippen molar-refractivity contribution in [3.63, 3.8) is 0 Å². The van der Waals surface area contributed by atoms with Gasteiger partial charge in [0, 0.05) is 5.02 Å². The zero-order chi connectivity index (χ0) is 16.2. The highest BCUT2D eigenvalue weighted by atomic mass is 35.5. The summed E-state index contributed by atoms with van der Waals surface area (Å²) in [6, 6.07) is 7.65. The SMILES string of the molecule is CC1(C)CN2C(=O)c3[nH]cnc3N(Cc3ccc(Cl)cc3)C2=N1.Cl. The van der Waals surface area contributed by atoms with Crippen LogP contribution in [0.15, 0.2) is 35.6 Å². The Hall–Kier alpha value is -2.05. The van der Waals surface area contributed by atoms with Crippen LogP contribution in [0.4, 0.5) is 5.82 Å². The second kappa shape index (κ2) is 5.79. The first-order chi connectivity index (χ1) is 10.9. The van der Waals surface area contributed by atoms with Crippen LogP contribution < -0.4 is 4.90 Å². The number of aromatic amines is 1. The van der Waals surface area contributed by atoms with Gasteiger partial charge in [0.25, 0.3) is 5.91 Å². The molecule has 0 bridgehead atoms. The average molecular weight is 366 g/mol. The molecule has 0 spiro atoms. The van der Waals surface area contributed by atoms with Crippen LogP contribution in [-0.4, -0.2) is 38.8 Å². The zero-order valence-electron chi connectivity index (χ0n) is 13.3. The minimum absolute atomic E-state index is 0. The first-order valence-corrected chi connectivity index (χ1v) is 7.79. The monoisotopic (exact) mass is 365 g/mol. The number of benzene rings is 1. The number of carbonyl (C=O) groups excluding carboxylic acids is 1. The largest absolute Gasteiger partial charge is 0.339 e. The van der Waals surface area contributed by atoms with E-state index in [9.17, 15) is 4.79 Å². The van der Waals surface area contributed by atoms with Crippen molar-refractivity contribution in [3.8, 4) is 0 Å². The maximum atomic E-state index is 12.6. The van der Waals surface area contributed by atoms with E-state index in [2.05, 4.69) is 9.97 Å². The molecule has 1 aromatic heterocycles. The lowest BCUT2D eigenvalue weighted by Gasteiger charge is -2.33. The van der Waals surface area contributed by atoms with Gasteiger partial charge >= 0.3 is 0 Å². The maximum Gasteiger partial charge on any atom is 0.280 e. The summed E-state index contributed by atoms with van der Waals surface area (Å²) in [4.78, 5) is 28.3. The third-order valence-corrected chi connectivity index (χ3v) is 4.27. The number of aliphatic imine (C=N–C) groups is 1. The van der Waals surface area contributed by atoms with E-state index in [4.69, 9.17) is 16.6 Å². The molecule has 2 aliphatic rings. The molecule has 0 atom stereocenters. The molecule has 0 saturated carbocycles. The Balaban J connectivity index is 0.00000169. The standard InChI is InChI=1S/C16H16ClN5O.ClH/c1-16(2)8-22-14(23)12-13(19-9-18-12)21(15(22)20-16)7-10-3-5-11(17)6-4-10;/h3-6,9H,7-8H2,1-2H3,(H,18,19);1H. The van der Waals surface area contributed by atoms with Gasteiger partial charge in [-0.15, -0.1) is 12.4 Å². The van der Waals surface area contributed by atoms with Crippen molar-refractivity contribution in [2.75, 3.05) is 11.4 Å². The maximum absolute atomic E-state index is 12.6. The highest BCUT2D eigenvalue weighted by Crippen LogP contribution is 2.33. The van der Waals surface area contributed by atoms with Gasteiger partial charge in [-0.1, -0.05) is 23.7 Å². The second-order valence-electron chi connectivity index (χ2n) is 6.43. The van der Waals surface area contributed by atoms with Crippen molar-refractivity contribution >= 4 is 41.7 Å². The van der Waals surface area contributed by atoms with Crippen LogP contribution in [0.25, 0.3) is 0 Å². The van der Waals surface area contributed by atoms with Crippen molar-refractivity contribution in [1.82, 2.24) is 14.9 Å². The van der Waals surface area contributed by atoms with Crippen LogP contribution in [0.1, 0.15) is 29.9 Å². The molecule has 6 nitrogen and oxygen atoms in total. The van der Waals surface area contributed by atoms with Crippen molar-refractivity contribution in [3.05, 3.63) is 46.9 Å². The Morgan fingerprint density at radius 1 is 1.29 bits per heavy atom. The van der Waals surface area contributed by atoms with Crippen molar-refractivity contribution in [1.29, 1.82) is 0 Å². The third kappa shape index (κ3) is 2.65. The van der Waals surface area contributed by atoms with E-state index in [-0.39, 0.29) is 23.9 Å². The van der Waals surface area contributed by atoms with Gasteiger partial charge in [0.15, 0.2) is 5.82 Å². The fourth-order valence-corrected chi connectivity index (χ4v) is 3.12. The topological polar surface area (TPSA) is 64.6 Å². The van der Waals surface area contributed by atoms with Crippen LogP contribution in [0.5, 0.6) is 0 Å². The van der Waals surface area contributed by atoms with E-state index < -0.39 is 0 Å². The summed E-state index contributed by atoms with van der Waals surface area (Å²) < 4.78 is 0. The molecular formula is C16H17Cl2N5O. The molecule has 0 fully saturated rings. The molecule has 1 aromatic carbocycles. The molecule has 0 radical (unpaired) electrons. The van der Waals surface area contributed by atoms with Gasteiger partial charge in [0.1, 0.15) is 5.69 Å². The minimum Gasteiger partial charge on any atom is -0.339 e. The molecule has 24 heavy (non-hydrogen) atoms. The van der Waals surface area contributed by atoms with E-state index in [0.717, 1.165) is 5.56 Å². The number of rotatable bonds is 2. The van der Waals surface area contributed by atoms with Crippen LogP contribution >= 0.6 is 24.0 Å². The molecule has 0 aliphatic carbocycles. The van der Waals surface area contributed by atoms with Crippen LogP contribution in [-0.2, 0) is 6.54 Å². The Bertz CT molecular complexity index is 812. The van der Waals surface area contributed by atoms with Crippen LogP contribution in [0.2, 0.25) is 5.02 Å². The number of amides is 1. The first-order valence-electron chi connectivity index (χ1n) is 7.42. The lowest BCUT2D eigenvalue weighted by Crippen LogP contribution is -2.50. The Morgan fingerprint density at radius 2 is 2.00 bits per heavy atom. The predicted molar refractivity (Wildman–Crippen MR) is 96.0 cm³/mol. The average Bonchev–Trinajstić information content (AvgIpc) is 3.10. The molecular weight excluding hydrogens is 349 g/mol. The number of nitrogens with zero attached hydrogens (tertiary/aromatic N) is 4. The summed E-state index contributed by atoms with van der Waals surface area (Å²) in [6.07, 6.45) is 1.55. The molecule has 8 heteroatoms.